The van der Waals surface area contributed by atoms with Gasteiger partial charge in [0.2, 0.25) is 11.8 Å². The Morgan fingerprint density at radius 1 is 1.37 bits per heavy atom. The fourth-order valence-corrected chi connectivity index (χ4v) is 1.91. The summed E-state index contributed by atoms with van der Waals surface area (Å²) in [5, 5.41) is 11.7. The van der Waals surface area contributed by atoms with Gasteiger partial charge < -0.3 is 4.74 Å². The number of amides is 2. The minimum Gasteiger partial charge on any atom is -0.495 e. The minimum atomic E-state index is -0.259. The standard InChI is InChI=1S/C13H13N3O3/c1-19-11-3-2-9(4-10(11)5-14)8-16-12(17)6-15-7-13(16)18/h2-4,15H,6-8H2,1H3. The third kappa shape index (κ3) is 2.72. The van der Waals surface area contributed by atoms with Gasteiger partial charge in [0.15, 0.2) is 0 Å². The summed E-state index contributed by atoms with van der Waals surface area (Å²) in [6, 6.07) is 7.04. The van der Waals surface area contributed by atoms with E-state index in [-0.39, 0.29) is 31.4 Å². The van der Waals surface area contributed by atoms with Crippen LogP contribution in [0.15, 0.2) is 18.2 Å². The van der Waals surface area contributed by atoms with Crippen molar-refractivity contribution in [2.45, 2.75) is 6.54 Å². The molecule has 0 saturated carbocycles. The first-order chi connectivity index (χ1) is 9.15. The number of rotatable bonds is 3. The number of nitrogens with zero attached hydrogens (tertiary/aromatic N) is 2. The van der Waals surface area contributed by atoms with Crippen molar-refractivity contribution in [2.75, 3.05) is 20.2 Å². The highest BCUT2D eigenvalue weighted by atomic mass is 16.5. The molecule has 1 saturated heterocycles. The number of piperazine rings is 1. The van der Waals surface area contributed by atoms with Crippen LogP contribution in [0.25, 0.3) is 0 Å². The Labute approximate surface area is 110 Å². The molecular formula is C13H13N3O3. The average Bonchev–Trinajstić information content (AvgIpc) is 2.42. The van der Waals surface area contributed by atoms with Crippen LogP contribution >= 0.6 is 0 Å². The van der Waals surface area contributed by atoms with Gasteiger partial charge in [-0.3, -0.25) is 19.8 Å². The topological polar surface area (TPSA) is 82.4 Å². The zero-order valence-corrected chi connectivity index (χ0v) is 10.5. The van der Waals surface area contributed by atoms with Gasteiger partial charge in [-0.2, -0.15) is 5.26 Å². The summed E-state index contributed by atoms with van der Waals surface area (Å²) >= 11 is 0. The first-order valence-electron chi connectivity index (χ1n) is 5.76. The second-order valence-electron chi connectivity index (χ2n) is 4.12. The number of nitrogens with one attached hydrogen (secondary N) is 1. The lowest BCUT2D eigenvalue weighted by Crippen LogP contribution is -2.51. The van der Waals surface area contributed by atoms with Crippen molar-refractivity contribution in [1.29, 1.82) is 5.26 Å². The van der Waals surface area contributed by atoms with E-state index in [4.69, 9.17) is 10.00 Å². The van der Waals surface area contributed by atoms with E-state index in [9.17, 15) is 9.59 Å². The monoisotopic (exact) mass is 259 g/mol. The van der Waals surface area contributed by atoms with Crippen LogP contribution in [0.3, 0.4) is 0 Å². The van der Waals surface area contributed by atoms with Crippen LogP contribution in [-0.4, -0.2) is 36.9 Å². The van der Waals surface area contributed by atoms with Gasteiger partial charge in [-0.25, -0.2) is 0 Å². The summed E-state index contributed by atoms with van der Waals surface area (Å²) < 4.78 is 5.04. The van der Waals surface area contributed by atoms with E-state index in [0.717, 1.165) is 5.56 Å². The molecule has 0 atom stereocenters. The Balaban J connectivity index is 2.21. The van der Waals surface area contributed by atoms with Gasteiger partial charge in [0, 0.05) is 0 Å². The van der Waals surface area contributed by atoms with E-state index in [1.165, 1.54) is 12.0 Å². The molecule has 0 unspecified atom stereocenters. The van der Waals surface area contributed by atoms with Crippen molar-refractivity contribution >= 4 is 11.8 Å². The minimum absolute atomic E-state index is 0.160. The number of methoxy groups -OCH3 is 1. The maximum absolute atomic E-state index is 11.6. The number of carbonyl (C=O) groups is 2. The number of ether oxygens (including phenoxy) is 1. The van der Waals surface area contributed by atoms with Gasteiger partial charge in [-0.05, 0) is 17.7 Å². The molecule has 0 spiro atoms. The summed E-state index contributed by atoms with van der Waals surface area (Å²) in [7, 11) is 1.49. The Morgan fingerprint density at radius 3 is 2.63 bits per heavy atom. The van der Waals surface area contributed by atoms with Crippen LogP contribution in [0.5, 0.6) is 5.75 Å². The van der Waals surface area contributed by atoms with E-state index in [1.807, 2.05) is 6.07 Å². The molecule has 1 N–H and O–H groups in total. The second-order valence-corrected chi connectivity index (χ2v) is 4.12. The molecule has 0 aliphatic carbocycles. The Kier molecular flexibility index (Phi) is 3.78. The molecule has 1 heterocycles. The second kappa shape index (κ2) is 5.50. The van der Waals surface area contributed by atoms with E-state index in [1.54, 1.807) is 18.2 Å². The summed E-state index contributed by atoms with van der Waals surface area (Å²) in [5.41, 5.74) is 1.11. The summed E-state index contributed by atoms with van der Waals surface area (Å²) in [4.78, 5) is 24.5. The maximum atomic E-state index is 11.6. The highest BCUT2D eigenvalue weighted by Gasteiger charge is 2.25. The summed E-state index contributed by atoms with van der Waals surface area (Å²) in [6.07, 6.45) is 0. The van der Waals surface area contributed by atoms with Crippen LogP contribution in [0.1, 0.15) is 11.1 Å². The SMILES string of the molecule is COc1ccc(CN2C(=O)CNCC2=O)cc1C#N. The molecule has 2 amide bonds. The molecule has 1 aliphatic heterocycles. The third-order valence-electron chi connectivity index (χ3n) is 2.88. The maximum Gasteiger partial charge on any atom is 0.243 e. The van der Waals surface area contributed by atoms with Gasteiger partial charge in [-0.15, -0.1) is 0 Å². The summed E-state index contributed by atoms with van der Waals surface area (Å²) in [5.74, 6) is -0.0413. The molecule has 2 rings (SSSR count). The van der Waals surface area contributed by atoms with E-state index in [2.05, 4.69) is 5.32 Å². The molecule has 0 radical (unpaired) electrons. The summed E-state index contributed by atoms with van der Waals surface area (Å²) in [6.45, 7) is 0.498. The fourth-order valence-electron chi connectivity index (χ4n) is 1.91. The first-order valence-corrected chi connectivity index (χ1v) is 5.76. The quantitative estimate of drug-likeness (QED) is 0.774. The van der Waals surface area contributed by atoms with Gasteiger partial charge >= 0.3 is 0 Å². The molecule has 1 aliphatic rings. The Hall–Kier alpha value is -2.39. The van der Waals surface area contributed by atoms with Crippen LogP contribution in [0, 0.1) is 11.3 Å². The first kappa shape index (κ1) is 13.1. The lowest BCUT2D eigenvalue weighted by molar-refractivity contribution is -0.147. The van der Waals surface area contributed by atoms with Crippen molar-refractivity contribution in [3.8, 4) is 11.8 Å². The molecule has 1 fully saturated rings. The van der Waals surface area contributed by atoms with Crippen molar-refractivity contribution < 1.29 is 14.3 Å². The predicted octanol–water partition coefficient (Wildman–Crippen LogP) is 0.0253. The van der Waals surface area contributed by atoms with Crippen molar-refractivity contribution in [1.82, 2.24) is 10.2 Å². The van der Waals surface area contributed by atoms with Gasteiger partial charge in [-0.1, -0.05) is 6.07 Å². The van der Waals surface area contributed by atoms with Crippen LogP contribution in [-0.2, 0) is 16.1 Å². The Morgan fingerprint density at radius 2 is 2.05 bits per heavy atom. The number of imide groups is 1. The lowest BCUT2D eigenvalue weighted by atomic mass is 10.1. The van der Waals surface area contributed by atoms with Crippen molar-refractivity contribution in [2.24, 2.45) is 0 Å². The van der Waals surface area contributed by atoms with Crippen LogP contribution in [0.2, 0.25) is 0 Å². The average molecular weight is 259 g/mol. The van der Waals surface area contributed by atoms with Gasteiger partial charge in [0.05, 0.1) is 32.3 Å². The molecule has 1 aromatic rings. The normalized spacial score (nSPS) is 15.3. The number of hydrogen-bond acceptors (Lipinski definition) is 5. The number of hydrogen-bond donors (Lipinski definition) is 1. The zero-order chi connectivity index (χ0) is 13.8. The Bertz CT molecular complexity index is 547. The largest absolute Gasteiger partial charge is 0.495 e. The van der Waals surface area contributed by atoms with Crippen LogP contribution in [0.4, 0.5) is 0 Å². The van der Waals surface area contributed by atoms with Crippen LogP contribution < -0.4 is 10.1 Å². The number of benzene rings is 1. The smallest absolute Gasteiger partial charge is 0.243 e. The van der Waals surface area contributed by atoms with Gasteiger partial charge in [0.1, 0.15) is 11.8 Å². The van der Waals surface area contributed by atoms with E-state index in [0.29, 0.717) is 11.3 Å². The number of nitriles is 1. The molecular weight excluding hydrogens is 246 g/mol. The van der Waals surface area contributed by atoms with Gasteiger partial charge in [0.25, 0.3) is 0 Å². The zero-order valence-electron chi connectivity index (χ0n) is 10.5. The molecule has 0 aromatic heterocycles. The molecule has 0 bridgehead atoms. The molecule has 1 aromatic carbocycles. The molecule has 6 nitrogen and oxygen atoms in total. The van der Waals surface area contributed by atoms with Crippen molar-refractivity contribution in [3.63, 3.8) is 0 Å². The van der Waals surface area contributed by atoms with E-state index < -0.39 is 0 Å². The predicted molar refractivity (Wildman–Crippen MR) is 66.1 cm³/mol. The molecule has 6 heteroatoms. The lowest BCUT2D eigenvalue weighted by Gasteiger charge is -2.25. The fraction of sp³-hybridized carbons (Fsp3) is 0.308. The van der Waals surface area contributed by atoms with E-state index >= 15 is 0 Å². The third-order valence-corrected chi connectivity index (χ3v) is 2.88. The molecule has 19 heavy (non-hydrogen) atoms. The molecule has 98 valence electrons. The van der Waals surface area contributed by atoms with Crippen molar-refractivity contribution in [3.05, 3.63) is 29.3 Å². The highest BCUT2D eigenvalue weighted by Crippen LogP contribution is 2.20. The highest BCUT2D eigenvalue weighted by molar-refractivity contribution is 5.99. The number of carbonyl (C=O) groups excluding carboxylic acids is 2.